The largest absolute Gasteiger partial charge is 0.477 e. The molecule has 0 aliphatic carbocycles. The molecule has 6 nitrogen and oxygen atoms in total. The van der Waals surface area contributed by atoms with E-state index in [0.717, 1.165) is 11.3 Å². The standard InChI is InChI=1S/C12H17NO5S2/c1-2-13(10-3-5-18-7-10)20(16,17)8-9-4-6-19-11(9)12(14)15/h4,6,10H,2-3,5,7-8H2,1H3,(H,14,15). The molecule has 1 atom stereocenters. The number of nitrogens with zero attached hydrogens (tertiary/aromatic N) is 1. The van der Waals surface area contributed by atoms with Gasteiger partial charge in [-0.05, 0) is 23.4 Å². The van der Waals surface area contributed by atoms with Gasteiger partial charge in [0, 0.05) is 13.2 Å². The summed E-state index contributed by atoms with van der Waals surface area (Å²) in [5.74, 6) is -1.36. The van der Waals surface area contributed by atoms with E-state index in [9.17, 15) is 13.2 Å². The normalized spacial score (nSPS) is 19.6. The minimum absolute atomic E-state index is 0.0901. The zero-order valence-corrected chi connectivity index (χ0v) is 12.7. The number of sulfonamides is 1. The Bertz CT molecular complexity index is 574. The summed E-state index contributed by atoms with van der Waals surface area (Å²) in [6, 6.07) is 1.42. The predicted octanol–water partition coefficient (Wildman–Crippen LogP) is 1.39. The van der Waals surface area contributed by atoms with Crippen LogP contribution in [0, 0.1) is 0 Å². The first-order valence-corrected chi connectivity index (χ1v) is 8.81. The van der Waals surface area contributed by atoms with Crippen molar-refractivity contribution in [3.05, 3.63) is 21.9 Å². The van der Waals surface area contributed by atoms with Crippen molar-refractivity contribution in [3.63, 3.8) is 0 Å². The minimum Gasteiger partial charge on any atom is -0.477 e. The second-order valence-electron chi connectivity index (χ2n) is 4.56. The van der Waals surface area contributed by atoms with Crippen molar-refractivity contribution in [1.82, 2.24) is 4.31 Å². The number of carbonyl (C=O) groups is 1. The van der Waals surface area contributed by atoms with Gasteiger partial charge in [-0.15, -0.1) is 11.3 Å². The third kappa shape index (κ3) is 3.20. The molecule has 1 saturated heterocycles. The Hall–Kier alpha value is -0.960. The lowest BCUT2D eigenvalue weighted by Crippen LogP contribution is -2.41. The fraction of sp³-hybridized carbons (Fsp3) is 0.583. The Morgan fingerprint density at radius 2 is 2.35 bits per heavy atom. The molecule has 1 aliphatic heterocycles. The smallest absolute Gasteiger partial charge is 0.346 e. The van der Waals surface area contributed by atoms with Gasteiger partial charge >= 0.3 is 5.97 Å². The maximum absolute atomic E-state index is 12.5. The molecule has 0 amide bonds. The van der Waals surface area contributed by atoms with Crippen LogP contribution in [0.3, 0.4) is 0 Å². The van der Waals surface area contributed by atoms with Crippen LogP contribution in [0.4, 0.5) is 0 Å². The minimum atomic E-state index is -3.54. The van der Waals surface area contributed by atoms with Gasteiger partial charge < -0.3 is 9.84 Å². The molecule has 8 heteroatoms. The lowest BCUT2D eigenvalue weighted by molar-refractivity contribution is 0.0701. The first kappa shape index (κ1) is 15.4. The lowest BCUT2D eigenvalue weighted by Gasteiger charge is -2.25. The summed E-state index contributed by atoms with van der Waals surface area (Å²) in [4.78, 5) is 11.1. The van der Waals surface area contributed by atoms with Gasteiger partial charge in [0.1, 0.15) is 4.88 Å². The van der Waals surface area contributed by atoms with E-state index in [1.165, 1.54) is 4.31 Å². The van der Waals surface area contributed by atoms with Crippen LogP contribution >= 0.6 is 11.3 Å². The predicted molar refractivity (Wildman–Crippen MR) is 75.5 cm³/mol. The van der Waals surface area contributed by atoms with Crippen LogP contribution in [0.2, 0.25) is 0 Å². The van der Waals surface area contributed by atoms with E-state index in [1.54, 1.807) is 18.4 Å². The monoisotopic (exact) mass is 319 g/mol. The Balaban J connectivity index is 2.20. The van der Waals surface area contributed by atoms with Gasteiger partial charge in [0.15, 0.2) is 0 Å². The van der Waals surface area contributed by atoms with Crippen molar-refractivity contribution in [3.8, 4) is 0 Å². The molecule has 20 heavy (non-hydrogen) atoms. The quantitative estimate of drug-likeness (QED) is 0.856. The maximum Gasteiger partial charge on any atom is 0.346 e. The van der Waals surface area contributed by atoms with Gasteiger partial charge in [0.05, 0.1) is 18.4 Å². The third-order valence-electron chi connectivity index (χ3n) is 3.26. The average Bonchev–Trinajstić information content (AvgIpc) is 3.00. The van der Waals surface area contributed by atoms with Crippen LogP contribution < -0.4 is 0 Å². The van der Waals surface area contributed by atoms with E-state index in [0.29, 0.717) is 31.7 Å². The van der Waals surface area contributed by atoms with Crippen molar-refractivity contribution in [2.75, 3.05) is 19.8 Å². The summed E-state index contributed by atoms with van der Waals surface area (Å²) in [6.45, 7) is 3.11. The summed E-state index contributed by atoms with van der Waals surface area (Å²) >= 11 is 1.04. The number of hydrogen-bond donors (Lipinski definition) is 1. The molecule has 1 unspecified atom stereocenters. The van der Waals surface area contributed by atoms with Crippen molar-refractivity contribution in [2.45, 2.75) is 25.1 Å². The lowest BCUT2D eigenvalue weighted by atomic mass is 10.3. The molecule has 1 aromatic rings. The van der Waals surface area contributed by atoms with Crippen LogP contribution in [0.25, 0.3) is 0 Å². The number of ether oxygens (including phenoxy) is 1. The van der Waals surface area contributed by atoms with E-state index in [-0.39, 0.29) is 16.7 Å². The molecule has 112 valence electrons. The summed E-state index contributed by atoms with van der Waals surface area (Å²) in [6.07, 6.45) is 0.683. The Morgan fingerprint density at radius 1 is 1.60 bits per heavy atom. The highest BCUT2D eigenvalue weighted by atomic mass is 32.2. The fourth-order valence-electron chi connectivity index (χ4n) is 2.35. The number of likely N-dealkylation sites (N-methyl/N-ethyl adjacent to an activating group) is 1. The molecule has 1 N–H and O–H groups in total. The number of rotatable bonds is 6. The number of thiophene rings is 1. The molecular weight excluding hydrogens is 302 g/mol. The van der Waals surface area contributed by atoms with Crippen molar-refractivity contribution in [1.29, 1.82) is 0 Å². The highest BCUT2D eigenvalue weighted by Gasteiger charge is 2.32. The zero-order valence-electron chi connectivity index (χ0n) is 11.1. The van der Waals surface area contributed by atoms with Crippen LogP contribution in [0.1, 0.15) is 28.6 Å². The molecule has 1 aliphatic rings. The third-order valence-corrected chi connectivity index (χ3v) is 6.15. The average molecular weight is 319 g/mol. The van der Waals surface area contributed by atoms with Gasteiger partial charge in [0.2, 0.25) is 10.0 Å². The Labute approximate surface area is 122 Å². The van der Waals surface area contributed by atoms with Crippen molar-refractivity contribution < 1.29 is 23.1 Å². The number of aromatic carboxylic acids is 1. The van der Waals surface area contributed by atoms with Gasteiger partial charge in [-0.3, -0.25) is 0 Å². The molecule has 1 aromatic heterocycles. The first-order valence-electron chi connectivity index (χ1n) is 6.32. The van der Waals surface area contributed by atoms with Crippen LogP contribution in [0.15, 0.2) is 11.4 Å². The van der Waals surface area contributed by atoms with Crippen LogP contribution in [-0.4, -0.2) is 49.6 Å². The van der Waals surface area contributed by atoms with Gasteiger partial charge in [-0.25, -0.2) is 13.2 Å². The van der Waals surface area contributed by atoms with Gasteiger partial charge in [0.25, 0.3) is 0 Å². The van der Waals surface area contributed by atoms with Crippen molar-refractivity contribution in [2.24, 2.45) is 0 Å². The van der Waals surface area contributed by atoms with E-state index in [4.69, 9.17) is 9.84 Å². The second kappa shape index (κ2) is 6.21. The maximum atomic E-state index is 12.5. The molecule has 0 aromatic carbocycles. The summed E-state index contributed by atoms with van der Waals surface area (Å²) in [5, 5.41) is 10.6. The van der Waals surface area contributed by atoms with Gasteiger partial charge in [-0.2, -0.15) is 4.31 Å². The van der Waals surface area contributed by atoms with Gasteiger partial charge in [-0.1, -0.05) is 6.92 Å². The number of hydrogen-bond acceptors (Lipinski definition) is 5. The highest BCUT2D eigenvalue weighted by molar-refractivity contribution is 7.88. The first-order chi connectivity index (χ1) is 9.45. The SMILES string of the molecule is CCN(C1CCOC1)S(=O)(=O)Cc1ccsc1C(=O)O. The highest BCUT2D eigenvalue weighted by Crippen LogP contribution is 2.23. The number of carboxylic acid groups (broad SMARTS) is 1. The van der Waals surface area contributed by atoms with Crippen LogP contribution in [0.5, 0.6) is 0 Å². The second-order valence-corrected chi connectivity index (χ2v) is 7.39. The van der Waals surface area contributed by atoms with Crippen molar-refractivity contribution >= 4 is 27.3 Å². The summed E-state index contributed by atoms with van der Waals surface area (Å²) < 4.78 is 31.6. The topological polar surface area (TPSA) is 83.9 Å². The fourth-order valence-corrected chi connectivity index (χ4v) is 5.01. The molecule has 0 spiro atoms. The molecule has 0 bridgehead atoms. The molecule has 1 fully saturated rings. The van der Waals surface area contributed by atoms with Crippen LogP contribution in [-0.2, 0) is 20.5 Å². The Morgan fingerprint density at radius 3 is 2.90 bits per heavy atom. The van der Waals surface area contributed by atoms with E-state index >= 15 is 0 Å². The molecule has 2 heterocycles. The number of carboxylic acids is 1. The molecule has 2 rings (SSSR count). The molecule has 0 radical (unpaired) electrons. The molecule has 0 saturated carbocycles. The van der Waals surface area contributed by atoms with E-state index < -0.39 is 16.0 Å². The summed E-state index contributed by atoms with van der Waals surface area (Å²) in [7, 11) is -3.54. The van der Waals surface area contributed by atoms with E-state index in [1.807, 2.05) is 0 Å². The zero-order chi connectivity index (χ0) is 14.8. The van der Waals surface area contributed by atoms with E-state index in [2.05, 4.69) is 0 Å². The molecular formula is C12H17NO5S2. The summed E-state index contributed by atoms with van der Waals surface area (Å²) in [5.41, 5.74) is 0.347. The Kier molecular flexibility index (Phi) is 4.79.